The number of hydrogen-bond donors (Lipinski definition) is 1. The molecule has 1 aromatic carbocycles. The molecule has 2 N–H and O–H groups in total. The molecule has 2 unspecified atom stereocenters. The molecule has 0 aromatic heterocycles. The van der Waals surface area contributed by atoms with Crippen LogP contribution in [0.3, 0.4) is 0 Å². The van der Waals surface area contributed by atoms with E-state index in [0.29, 0.717) is 17.5 Å². The van der Waals surface area contributed by atoms with Crippen molar-refractivity contribution in [1.82, 2.24) is 0 Å². The lowest BCUT2D eigenvalue weighted by Crippen LogP contribution is -2.43. The van der Waals surface area contributed by atoms with Crippen LogP contribution in [0.1, 0.15) is 12.8 Å². The minimum Gasteiger partial charge on any atom is -0.478 e. The molecule has 4 heteroatoms. The molecule has 0 spiro atoms. The highest BCUT2D eigenvalue weighted by Crippen LogP contribution is 2.28. The number of benzene rings is 1. The third-order valence-electron chi connectivity index (χ3n) is 3.03. The predicted octanol–water partition coefficient (Wildman–Crippen LogP) is -0.334. The Hall–Kier alpha value is -1.68. The van der Waals surface area contributed by atoms with E-state index in [4.69, 9.17) is 10.5 Å². The molecule has 0 aliphatic carbocycles. The summed E-state index contributed by atoms with van der Waals surface area (Å²) < 4.78 is 5.60. The molecule has 0 bridgehead atoms. The average molecular weight is 216 g/mol. The van der Waals surface area contributed by atoms with E-state index in [9.17, 15) is 4.79 Å². The lowest BCUT2D eigenvalue weighted by molar-refractivity contribution is -0.122. The average Bonchev–Trinajstić information content (AvgIpc) is 2.29. The number of carbonyl (C=O) groups is 1. The topological polar surface area (TPSA) is 64.7 Å². The van der Waals surface area contributed by atoms with Crippen molar-refractivity contribution in [3.63, 3.8) is 0 Å². The molecule has 1 amide bonds. The van der Waals surface area contributed by atoms with E-state index in [1.54, 1.807) is 0 Å². The first kappa shape index (κ1) is 9.54. The number of amides is 1. The Kier molecular flexibility index (Phi) is 2.04. The van der Waals surface area contributed by atoms with Gasteiger partial charge in [0.05, 0.1) is 11.3 Å². The summed E-state index contributed by atoms with van der Waals surface area (Å²) in [5.74, 6) is 0.365. The van der Waals surface area contributed by atoms with Gasteiger partial charge in [-0.25, -0.2) is 4.99 Å². The first-order valence-electron chi connectivity index (χ1n) is 5.40. The van der Waals surface area contributed by atoms with Crippen molar-refractivity contribution in [3.8, 4) is 0 Å². The zero-order valence-corrected chi connectivity index (χ0v) is 8.72. The van der Waals surface area contributed by atoms with E-state index in [0.717, 1.165) is 11.6 Å². The van der Waals surface area contributed by atoms with Crippen molar-refractivity contribution in [2.24, 2.45) is 16.6 Å². The Balaban J connectivity index is 2.28. The summed E-state index contributed by atoms with van der Waals surface area (Å²) in [7, 11) is 0. The van der Waals surface area contributed by atoms with Crippen LogP contribution in [0.15, 0.2) is 29.3 Å². The van der Waals surface area contributed by atoms with E-state index < -0.39 is 0 Å². The second-order valence-electron chi connectivity index (χ2n) is 4.12. The van der Waals surface area contributed by atoms with E-state index in [-0.39, 0.29) is 18.1 Å². The summed E-state index contributed by atoms with van der Waals surface area (Å²) in [5, 5.41) is 1.59. The maximum Gasteiger partial charge on any atom is 0.256 e. The maximum atomic E-state index is 11.8. The lowest BCUT2D eigenvalue weighted by Gasteiger charge is -2.29. The quantitative estimate of drug-likeness (QED) is 0.645. The van der Waals surface area contributed by atoms with Crippen LogP contribution in [0.4, 0.5) is 0 Å². The molecule has 4 nitrogen and oxygen atoms in total. The molecule has 1 fully saturated rings. The van der Waals surface area contributed by atoms with Gasteiger partial charge in [0.15, 0.2) is 0 Å². The number of carbonyl (C=O) groups excluding carboxylic acids is 1. The van der Waals surface area contributed by atoms with Crippen LogP contribution in [-0.4, -0.2) is 12.1 Å². The molecule has 1 saturated heterocycles. The van der Waals surface area contributed by atoms with Gasteiger partial charge in [-0.1, -0.05) is 12.1 Å². The van der Waals surface area contributed by atoms with Crippen LogP contribution in [0.2, 0.25) is 0 Å². The van der Waals surface area contributed by atoms with Gasteiger partial charge in [0.2, 0.25) is 0 Å². The molecular weight excluding hydrogens is 204 g/mol. The number of nitrogens with zero attached hydrogens (tertiary/aromatic N) is 1. The van der Waals surface area contributed by atoms with E-state index >= 15 is 0 Å². The fraction of sp³-hybridized carbons (Fsp3) is 0.333. The smallest absolute Gasteiger partial charge is 0.256 e. The molecule has 2 atom stereocenters. The molecular formula is C12H12N2O2. The second-order valence-corrected chi connectivity index (χ2v) is 4.12. The van der Waals surface area contributed by atoms with Gasteiger partial charge in [-0.2, -0.15) is 0 Å². The molecule has 1 aromatic rings. The fourth-order valence-electron chi connectivity index (χ4n) is 2.23. The zero-order chi connectivity index (χ0) is 11.1. The molecule has 16 heavy (non-hydrogen) atoms. The lowest BCUT2D eigenvalue weighted by atomic mass is 9.93. The Labute approximate surface area is 92.4 Å². The number of para-hydroxylation sites is 1. The fourth-order valence-corrected chi connectivity index (χ4v) is 2.23. The summed E-state index contributed by atoms with van der Waals surface area (Å²) in [6.45, 7) is 0. The Bertz CT molecular complexity index is 565. The summed E-state index contributed by atoms with van der Waals surface area (Å²) >= 11 is 0. The van der Waals surface area contributed by atoms with E-state index in [1.165, 1.54) is 0 Å². The van der Waals surface area contributed by atoms with Gasteiger partial charge in [0, 0.05) is 5.22 Å². The zero-order valence-electron chi connectivity index (χ0n) is 8.72. The van der Waals surface area contributed by atoms with Gasteiger partial charge in [-0.3, -0.25) is 10.5 Å². The Morgan fingerprint density at radius 3 is 3.00 bits per heavy atom. The van der Waals surface area contributed by atoms with Crippen molar-refractivity contribution in [2.45, 2.75) is 19.1 Å². The molecule has 2 aliphatic rings. The predicted molar refractivity (Wildman–Crippen MR) is 57.4 cm³/mol. The third-order valence-corrected chi connectivity index (χ3v) is 3.03. The molecule has 0 saturated carbocycles. The van der Waals surface area contributed by atoms with Crippen molar-refractivity contribution < 1.29 is 9.53 Å². The van der Waals surface area contributed by atoms with E-state index in [1.807, 2.05) is 24.3 Å². The van der Waals surface area contributed by atoms with Gasteiger partial charge in [0.1, 0.15) is 12.0 Å². The summed E-state index contributed by atoms with van der Waals surface area (Å²) in [5.41, 5.74) is 5.76. The summed E-state index contributed by atoms with van der Waals surface area (Å²) in [4.78, 5) is 15.9. The molecule has 0 radical (unpaired) electrons. The monoisotopic (exact) mass is 216 g/mol. The van der Waals surface area contributed by atoms with Crippen molar-refractivity contribution in [3.05, 3.63) is 34.8 Å². The van der Waals surface area contributed by atoms with Crippen LogP contribution >= 0.6 is 0 Å². The second kappa shape index (κ2) is 3.42. The standard InChI is InChI=1S/C12H12N2O2/c13-10-6-5-8-11(16-10)7-3-1-2-4-9(7)14-12(8)15/h1-4,8,10H,5-6,13H2. The van der Waals surface area contributed by atoms with Gasteiger partial charge < -0.3 is 4.74 Å². The largest absolute Gasteiger partial charge is 0.478 e. The highest BCUT2D eigenvalue weighted by molar-refractivity contribution is 5.88. The Morgan fingerprint density at radius 2 is 2.12 bits per heavy atom. The SMILES string of the molecule is NC1CCC2C(=O)N=c3ccccc3=C2O1. The van der Waals surface area contributed by atoms with Crippen LogP contribution in [0, 0.1) is 5.92 Å². The number of rotatable bonds is 0. The van der Waals surface area contributed by atoms with Gasteiger partial charge in [-0.15, -0.1) is 0 Å². The minimum atomic E-state index is -0.301. The first-order valence-corrected chi connectivity index (χ1v) is 5.40. The Morgan fingerprint density at radius 1 is 1.31 bits per heavy atom. The van der Waals surface area contributed by atoms with E-state index in [2.05, 4.69) is 4.99 Å². The van der Waals surface area contributed by atoms with Gasteiger partial charge in [0.25, 0.3) is 5.91 Å². The number of ether oxygens (including phenoxy) is 1. The highest BCUT2D eigenvalue weighted by Gasteiger charge is 2.33. The van der Waals surface area contributed by atoms with Crippen molar-refractivity contribution >= 4 is 11.7 Å². The molecule has 3 rings (SSSR count). The third kappa shape index (κ3) is 1.34. The maximum absolute atomic E-state index is 11.8. The van der Waals surface area contributed by atoms with Gasteiger partial charge >= 0.3 is 0 Å². The molecule has 2 heterocycles. The highest BCUT2D eigenvalue weighted by atomic mass is 16.5. The van der Waals surface area contributed by atoms with Crippen molar-refractivity contribution in [1.29, 1.82) is 0 Å². The van der Waals surface area contributed by atoms with Crippen LogP contribution < -0.4 is 16.3 Å². The van der Waals surface area contributed by atoms with Gasteiger partial charge in [-0.05, 0) is 25.0 Å². The van der Waals surface area contributed by atoms with Crippen LogP contribution in [0.25, 0.3) is 5.76 Å². The molecule has 2 aliphatic heterocycles. The minimum absolute atomic E-state index is 0.111. The van der Waals surface area contributed by atoms with Crippen LogP contribution in [0.5, 0.6) is 0 Å². The molecule has 82 valence electrons. The first-order chi connectivity index (χ1) is 7.75. The number of hydrogen-bond acceptors (Lipinski definition) is 3. The number of fused-ring (bicyclic) bond motifs is 2. The summed E-state index contributed by atoms with van der Waals surface area (Å²) in [6.07, 6.45) is 1.13. The van der Waals surface area contributed by atoms with Crippen LogP contribution in [-0.2, 0) is 9.53 Å². The normalized spacial score (nSPS) is 27.6. The van der Waals surface area contributed by atoms with Crippen molar-refractivity contribution in [2.75, 3.05) is 0 Å². The number of nitrogens with two attached hydrogens (primary N) is 1. The summed E-state index contributed by atoms with van der Waals surface area (Å²) in [6, 6.07) is 7.52.